The van der Waals surface area contributed by atoms with Crippen molar-refractivity contribution >= 4 is 44.6 Å². The molecule has 0 spiro atoms. The Kier molecular flexibility index (Phi) is 10.1. The van der Waals surface area contributed by atoms with Crippen molar-refractivity contribution in [3.05, 3.63) is 46.8 Å². The van der Waals surface area contributed by atoms with Crippen molar-refractivity contribution < 1.29 is 37.1 Å². The molecule has 8 rings (SSSR count). The van der Waals surface area contributed by atoms with E-state index in [0.717, 1.165) is 19.3 Å². The lowest BCUT2D eigenvalue weighted by molar-refractivity contribution is -0.142. The van der Waals surface area contributed by atoms with E-state index in [4.69, 9.17) is 9.47 Å². The lowest BCUT2D eigenvalue weighted by Gasteiger charge is -2.33. The number of allylic oxidation sites excluding steroid dienone is 1. The molecule has 56 heavy (non-hydrogen) atoms. The highest BCUT2D eigenvalue weighted by atomic mass is 32.2. The summed E-state index contributed by atoms with van der Waals surface area (Å²) >= 11 is 0. The number of benzene rings is 1. The molecule has 0 bridgehead atoms. The van der Waals surface area contributed by atoms with Gasteiger partial charge in [-0.1, -0.05) is 38.1 Å². The predicted molar refractivity (Wildman–Crippen MR) is 205 cm³/mol. The number of sulfonamides is 1. The number of hydrogen-bond acceptors (Lipinski definition) is 10. The number of nitrogens with zero attached hydrogens (tertiary/aromatic N) is 3. The molecule has 16 heteroatoms. The van der Waals surface area contributed by atoms with E-state index >= 15 is 0 Å². The second-order valence-electron chi connectivity index (χ2n) is 17.1. The molecule has 1 saturated heterocycles. The molecule has 10 atom stereocenters. The first-order valence-corrected chi connectivity index (χ1v) is 21.8. The van der Waals surface area contributed by atoms with Crippen LogP contribution in [0.3, 0.4) is 0 Å². The van der Waals surface area contributed by atoms with Gasteiger partial charge in [0.1, 0.15) is 29.8 Å². The molecule has 302 valence electrons. The van der Waals surface area contributed by atoms with Gasteiger partial charge in [0.25, 0.3) is 11.5 Å². The molecule has 0 radical (unpaired) electrons. The molecular weight excluding hydrogens is 741 g/mol. The third-order valence-corrected chi connectivity index (χ3v) is 14.6. The van der Waals surface area contributed by atoms with E-state index < -0.39 is 68.7 Å². The van der Waals surface area contributed by atoms with Crippen LogP contribution in [0.15, 0.2) is 41.2 Å². The van der Waals surface area contributed by atoms with Crippen molar-refractivity contribution in [2.24, 2.45) is 29.6 Å². The Balaban J connectivity index is 1.11. The highest BCUT2D eigenvalue weighted by molar-refractivity contribution is 7.91. The summed E-state index contributed by atoms with van der Waals surface area (Å²) in [5.41, 5.74) is -1.80. The van der Waals surface area contributed by atoms with Crippen LogP contribution in [-0.2, 0) is 35.7 Å². The molecule has 3 N–H and O–H groups in total. The molecule has 4 saturated carbocycles. The van der Waals surface area contributed by atoms with Gasteiger partial charge in [0.15, 0.2) is 0 Å². The molecule has 6 aliphatic rings. The number of alkyl carbamates (subject to hydrolysis) is 1. The van der Waals surface area contributed by atoms with Crippen LogP contribution in [0.2, 0.25) is 0 Å². The van der Waals surface area contributed by atoms with Crippen LogP contribution in [0.5, 0.6) is 5.88 Å². The lowest BCUT2D eigenvalue weighted by Crippen LogP contribution is -2.59. The first-order chi connectivity index (χ1) is 26.8. The maximum atomic E-state index is 14.9. The minimum absolute atomic E-state index is 0.00418. The molecule has 2 aliphatic heterocycles. The number of carbonyl (C=O) groups excluding carboxylic acids is 4. The van der Waals surface area contributed by atoms with E-state index in [1.165, 1.54) is 16.0 Å². The molecule has 15 nitrogen and oxygen atoms in total. The number of fused-ring (bicyclic) bond motifs is 4. The van der Waals surface area contributed by atoms with Crippen LogP contribution in [0.25, 0.3) is 10.8 Å². The molecule has 4 aliphatic carbocycles. The molecule has 4 amide bonds. The Labute approximate surface area is 326 Å². The minimum Gasteiger partial charge on any atom is -0.471 e. The second kappa shape index (κ2) is 14.8. The predicted octanol–water partition coefficient (Wildman–Crippen LogP) is 3.15. The van der Waals surface area contributed by atoms with Gasteiger partial charge in [0.05, 0.1) is 22.6 Å². The van der Waals surface area contributed by atoms with Crippen molar-refractivity contribution in [3.63, 3.8) is 0 Å². The van der Waals surface area contributed by atoms with E-state index in [-0.39, 0.29) is 48.8 Å². The Hall–Kier alpha value is -4.47. The molecule has 1 aromatic carbocycles. The number of rotatable bonds is 8. The Morgan fingerprint density at radius 3 is 2.43 bits per heavy atom. The zero-order valence-electron chi connectivity index (χ0n) is 32.1. The topological polar surface area (TPSA) is 195 Å². The summed E-state index contributed by atoms with van der Waals surface area (Å²) in [5, 5.41) is 10.5. The number of aromatic nitrogens is 2. The number of nitrogens with one attached hydrogen (secondary N) is 3. The molecule has 3 heterocycles. The van der Waals surface area contributed by atoms with Gasteiger partial charge in [-0.05, 0) is 101 Å². The van der Waals surface area contributed by atoms with Crippen molar-refractivity contribution in [2.75, 3.05) is 6.54 Å². The highest BCUT2D eigenvalue weighted by Gasteiger charge is 2.62. The van der Waals surface area contributed by atoms with E-state index in [2.05, 4.69) is 27.4 Å². The highest BCUT2D eigenvalue weighted by Crippen LogP contribution is 2.52. The fraction of sp³-hybridized carbons (Fsp3) is 0.650. The normalized spacial score (nSPS) is 34.8. The fourth-order valence-corrected chi connectivity index (χ4v) is 10.6. The van der Waals surface area contributed by atoms with Gasteiger partial charge in [-0.15, -0.1) is 5.10 Å². The first kappa shape index (κ1) is 38.4. The monoisotopic (exact) mass is 792 g/mol. The quantitative estimate of drug-likeness (QED) is 0.335. The minimum atomic E-state index is -3.91. The SMILES string of the molecule is CCn1nc(O[C@@H]2C[C@H]3C(=O)N[C@]4(C(=O)NS(=O)(=O)C5CC5)C[C@H]4/C=C\CC[C@@H](C)C[C@@H](C)[C@H](NC(=O)O[C@@H]4C[C@@H]5C[C@@H]5C4)C(=O)N3C2)c2ccccc2c1=O. The summed E-state index contributed by atoms with van der Waals surface area (Å²) in [6.45, 7) is 6.03. The summed E-state index contributed by atoms with van der Waals surface area (Å²) < 4.78 is 41.6. The number of carbonyl (C=O) groups is 4. The van der Waals surface area contributed by atoms with Gasteiger partial charge in [-0.3, -0.25) is 23.9 Å². The molecule has 1 aromatic heterocycles. The first-order valence-electron chi connectivity index (χ1n) is 20.2. The van der Waals surface area contributed by atoms with Gasteiger partial charge < -0.3 is 25.0 Å². The fourth-order valence-electron chi connectivity index (χ4n) is 9.23. The van der Waals surface area contributed by atoms with Gasteiger partial charge >= 0.3 is 6.09 Å². The second-order valence-corrected chi connectivity index (χ2v) is 19.1. The van der Waals surface area contributed by atoms with Crippen molar-refractivity contribution in [1.29, 1.82) is 0 Å². The Morgan fingerprint density at radius 1 is 0.982 bits per heavy atom. The third kappa shape index (κ3) is 7.64. The van der Waals surface area contributed by atoms with Crippen molar-refractivity contribution in [3.8, 4) is 5.88 Å². The molecule has 0 unspecified atom stereocenters. The average Bonchev–Trinajstić information content (AvgIpc) is 4.12. The van der Waals surface area contributed by atoms with E-state index in [1.54, 1.807) is 31.2 Å². The zero-order chi connectivity index (χ0) is 39.5. The van der Waals surface area contributed by atoms with E-state index in [0.29, 0.717) is 54.8 Å². The van der Waals surface area contributed by atoms with Crippen molar-refractivity contribution in [2.45, 2.75) is 127 Å². The van der Waals surface area contributed by atoms with Gasteiger partial charge in [-0.2, -0.15) is 0 Å². The number of amides is 4. The number of hydrogen-bond donors (Lipinski definition) is 3. The van der Waals surface area contributed by atoms with Gasteiger partial charge in [0, 0.05) is 18.9 Å². The molecule has 5 fully saturated rings. The van der Waals surface area contributed by atoms with Crippen LogP contribution in [0, 0.1) is 29.6 Å². The third-order valence-electron chi connectivity index (χ3n) is 12.8. The summed E-state index contributed by atoms with van der Waals surface area (Å²) in [4.78, 5) is 71.1. The van der Waals surface area contributed by atoms with Crippen LogP contribution in [0.4, 0.5) is 4.79 Å². The Morgan fingerprint density at radius 2 is 1.71 bits per heavy atom. The van der Waals surface area contributed by atoms with E-state index in [1.807, 2.05) is 19.1 Å². The number of aryl methyl sites for hydroxylation is 1. The van der Waals surface area contributed by atoms with Crippen LogP contribution in [0.1, 0.15) is 85.0 Å². The van der Waals surface area contributed by atoms with Gasteiger partial charge in [-0.25, -0.2) is 17.9 Å². The van der Waals surface area contributed by atoms with Gasteiger partial charge in [0.2, 0.25) is 27.7 Å². The Bertz CT molecular complexity index is 2110. The number of ether oxygens (including phenoxy) is 2. The summed E-state index contributed by atoms with van der Waals surface area (Å²) in [7, 11) is -3.91. The largest absolute Gasteiger partial charge is 0.471 e. The van der Waals surface area contributed by atoms with Crippen molar-refractivity contribution in [1.82, 2.24) is 30.0 Å². The maximum absolute atomic E-state index is 14.9. The smallest absolute Gasteiger partial charge is 0.408 e. The molecular formula is C40H52N6O9S. The van der Waals surface area contributed by atoms with Crippen LogP contribution >= 0.6 is 0 Å². The van der Waals surface area contributed by atoms with Crippen LogP contribution in [-0.4, -0.2) is 88.5 Å². The standard InChI is InChI=1S/C40H52N6O9S/c1-4-46-36(48)31-12-8-7-11-30(31)35(43-46)54-28-19-32-34(47)42-40(38(50)44-56(52,53)29-13-14-29)20-26(40)10-6-5-9-22(2)15-23(3)33(37(49)45(32)21-28)41-39(51)55-27-17-24-16-25(24)18-27/h6-8,10-12,22-29,32-33H,4-5,9,13-21H2,1-3H3,(H,41,51)(H,42,47)(H,44,50)/b10-6-/t22-,23-,24-,25+,26-,27+,28-,32+,33+,40-/m1/s1. The summed E-state index contributed by atoms with van der Waals surface area (Å²) in [6.07, 6.45) is 8.17. The zero-order valence-corrected chi connectivity index (χ0v) is 33.0. The average molecular weight is 793 g/mol. The van der Waals surface area contributed by atoms with E-state index in [9.17, 15) is 32.4 Å². The molecule has 2 aromatic rings. The summed E-state index contributed by atoms with van der Waals surface area (Å²) in [5.74, 6) is -1.20. The maximum Gasteiger partial charge on any atom is 0.408 e. The lowest BCUT2D eigenvalue weighted by atomic mass is 9.88. The summed E-state index contributed by atoms with van der Waals surface area (Å²) in [6, 6.07) is 4.75. The van der Waals surface area contributed by atoms with Crippen LogP contribution < -0.4 is 25.7 Å².